The van der Waals surface area contributed by atoms with Crippen LogP contribution >= 0.6 is 27.5 Å². The zero-order valence-electron chi connectivity index (χ0n) is 12.4. The van der Waals surface area contributed by atoms with Crippen molar-refractivity contribution in [3.05, 3.63) is 69.4 Å². The van der Waals surface area contributed by atoms with E-state index in [9.17, 15) is 14.0 Å². The highest BCUT2D eigenvalue weighted by atomic mass is 79.9. The second-order valence-electron chi connectivity index (χ2n) is 4.75. The molecule has 2 N–H and O–H groups in total. The average Bonchev–Trinajstić information content (AvgIpc) is 2.56. The van der Waals surface area contributed by atoms with Crippen LogP contribution in [0.3, 0.4) is 0 Å². The molecule has 0 saturated carbocycles. The van der Waals surface area contributed by atoms with Gasteiger partial charge in [0.15, 0.2) is 0 Å². The predicted octanol–water partition coefficient (Wildman–Crippen LogP) is 4.01. The van der Waals surface area contributed by atoms with Crippen LogP contribution in [0, 0.1) is 5.82 Å². The van der Waals surface area contributed by atoms with Gasteiger partial charge in [-0.3, -0.25) is 9.59 Å². The standard InChI is InChI=1S/C17H13BrClFN2O2/c18-12-3-1-2-4-15(12)22-17(24)10-21-16(23)8-6-11-5-7-14(20)13(19)9-11/h1-9H,10H2,(H,21,23)(H,22,24)/b8-6+. The Bertz CT molecular complexity index is 796. The molecular weight excluding hydrogens is 399 g/mol. The Balaban J connectivity index is 1.84. The number of para-hydroxylation sites is 1. The molecule has 0 aliphatic rings. The zero-order valence-corrected chi connectivity index (χ0v) is 14.7. The van der Waals surface area contributed by atoms with E-state index in [-0.39, 0.29) is 17.5 Å². The Hall–Kier alpha value is -2.18. The lowest BCUT2D eigenvalue weighted by molar-refractivity contribution is -0.121. The Morgan fingerprint density at radius 1 is 1.21 bits per heavy atom. The van der Waals surface area contributed by atoms with Gasteiger partial charge in [0, 0.05) is 10.5 Å². The molecule has 2 aromatic carbocycles. The van der Waals surface area contributed by atoms with Crippen molar-refractivity contribution in [1.82, 2.24) is 5.32 Å². The number of benzene rings is 2. The van der Waals surface area contributed by atoms with E-state index in [0.717, 1.165) is 4.47 Å². The third kappa shape index (κ3) is 5.47. The van der Waals surface area contributed by atoms with Gasteiger partial charge in [0.1, 0.15) is 5.82 Å². The Labute approximate surface area is 151 Å². The molecule has 2 aromatic rings. The number of carbonyl (C=O) groups is 2. The van der Waals surface area contributed by atoms with Crippen molar-refractivity contribution >= 4 is 51.1 Å². The van der Waals surface area contributed by atoms with Gasteiger partial charge in [-0.15, -0.1) is 0 Å². The molecule has 4 nitrogen and oxygen atoms in total. The fourth-order valence-corrected chi connectivity index (χ4v) is 2.34. The summed E-state index contributed by atoms with van der Waals surface area (Å²) in [6.45, 7) is -0.172. The third-order valence-electron chi connectivity index (χ3n) is 2.94. The van der Waals surface area contributed by atoms with Gasteiger partial charge < -0.3 is 10.6 Å². The van der Waals surface area contributed by atoms with E-state index in [1.165, 1.54) is 30.4 Å². The maximum atomic E-state index is 13.0. The van der Waals surface area contributed by atoms with Gasteiger partial charge in [-0.2, -0.15) is 0 Å². The molecule has 0 bridgehead atoms. The lowest BCUT2D eigenvalue weighted by Crippen LogP contribution is -2.31. The smallest absolute Gasteiger partial charge is 0.244 e. The second-order valence-corrected chi connectivity index (χ2v) is 6.01. The quantitative estimate of drug-likeness (QED) is 0.731. The highest BCUT2D eigenvalue weighted by Crippen LogP contribution is 2.20. The summed E-state index contributed by atoms with van der Waals surface area (Å²) in [5, 5.41) is 5.10. The van der Waals surface area contributed by atoms with Crippen LogP contribution in [0.4, 0.5) is 10.1 Å². The van der Waals surface area contributed by atoms with Crippen molar-refractivity contribution in [3.8, 4) is 0 Å². The third-order valence-corrected chi connectivity index (χ3v) is 3.92. The molecule has 0 fully saturated rings. The Morgan fingerprint density at radius 2 is 1.96 bits per heavy atom. The van der Waals surface area contributed by atoms with Crippen molar-refractivity contribution in [2.75, 3.05) is 11.9 Å². The SMILES string of the molecule is O=C(/C=C/c1ccc(F)c(Cl)c1)NCC(=O)Nc1ccccc1Br. The molecule has 2 amide bonds. The predicted molar refractivity (Wildman–Crippen MR) is 96.2 cm³/mol. The molecule has 24 heavy (non-hydrogen) atoms. The average molecular weight is 412 g/mol. The van der Waals surface area contributed by atoms with E-state index in [1.807, 2.05) is 6.07 Å². The number of nitrogens with one attached hydrogen (secondary N) is 2. The normalized spacial score (nSPS) is 10.6. The first-order chi connectivity index (χ1) is 11.5. The number of amides is 2. The maximum absolute atomic E-state index is 13.0. The molecule has 0 heterocycles. The van der Waals surface area contributed by atoms with Crippen molar-refractivity contribution in [2.24, 2.45) is 0 Å². The van der Waals surface area contributed by atoms with Crippen LogP contribution in [0.15, 0.2) is 53.0 Å². The molecule has 0 aromatic heterocycles. The first kappa shape index (κ1) is 18.2. The zero-order chi connectivity index (χ0) is 17.5. The number of hydrogen-bond donors (Lipinski definition) is 2. The van der Waals surface area contributed by atoms with Gasteiger partial charge in [-0.25, -0.2) is 4.39 Å². The van der Waals surface area contributed by atoms with Crippen LogP contribution < -0.4 is 10.6 Å². The van der Waals surface area contributed by atoms with E-state index in [1.54, 1.807) is 18.2 Å². The summed E-state index contributed by atoms with van der Waals surface area (Å²) >= 11 is 8.97. The van der Waals surface area contributed by atoms with Gasteiger partial charge in [0.2, 0.25) is 11.8 Å². The van der Waals surface area contributed by atoms with Gasteiger partial charge in [-0.1, -0.05) is 29.8 Å². The Morgan fingerprint density at radius 3 is 2.67 bits per heavy atom. The number of rotatable bonds is 5. The van der Waals surface area contributed by atoms with Crippen LogP contribution in [0.1, 0.15) is 5.56 Å². The van der Waals surface area contributed by atoms with Gasteiger partial charge in [0.05, 0.1) is 17.3 Å². The molecule has 2 rings (SSSR count). The molecule has 7 heteroatoms. The van der Waals surface area contributed by atoms with Crippen molar-refractivity contribution in [1.29, 1.82) is 0 Å². The molecular formula is C17H13BrClFN2O2. The summed E-state index contributed by atoms with van der Waals surface area (Å²) in [4.78, 5) is 23.5. The van der Waals surface area contributed by atoms with E-state index >= 15 is 0 Å². The molecule has 0 saturated heterocycles. The lowest BCUT2D eigenvalue weighted by Gasteiger charge is -2.07. The van der Waals surface area contributed by atoms with E-state index < -0.39 is 11.7 Å². The summed E-state index contributed by atoms with van der Waals surface area (Å²) in [6, 6.07) is 11.3. The van der Waals surface area contributed by atoms with Crippen molar-refractivity contribution < 1.29 is 14.0 Å². The van der Waals surface area contributed by atoms with Crippen molar-refractivity contribution in [3.63, 3.8) is 0 Å². The van der Waals surface area contributed by atoms with Gasteiger partial charge in [0.25, 0.3) is 0 Å². The molecule has 0 aliphatic carbocycles. The van der Waals surface area contributed by atoms with E-state index in [4.69, 9.17) is 11.6 Å². The molecule has 0 aliphatic heterocycles. The highest BCUT2D eigenvalue weighted by Gasteiger charge is 2.06. The van der Waals surface area contributed by atoms with Crippen LogP contribution in [0.5, 0.6) is 0 Å². The van der Waals surface area contributed by atoms with Crippen LogP contribution in [0.2, 0.25) is 5.02 Å². The summed E-state index contributed by atoms with van der Waals surface area (Å²) in [6.07, 6.45) is 2.72. The van der Waals surface area contributed by atoms with Gasteiger partial charge >= 0.3 is 0 Å². The minimum Gasteiger partial charge on any atom is -0.343 e. The lowest BCUT2D eigenvalue weighted by atomic mass is 10.2. The fourth-order valence-electron chi connectivity index (χ4n) is 1.77. The van der Waals surface area contributed by atoms with Gasteiger partial charge in [-0.05, 0) is 51.8 Å². The first-order valence-electron chi connectivity index (χ1n) is 6.91. The number of hydrogen-bond acceptors (Lipinski definition) is 2. The first-order valence-corrected chi connectivity index (χ1v) is 8.08. The minimum atomic E-state index is -0.526. The second kappa shape index (κ2) is 8.61. The molecule has 0 unspecified atom stereocenters. The fraction of sp³-hybridized carbons (Fsp3) is 0.0588. The summed E-state index contributed by atoms with van der Waals surface area (Å²) in [5.74, 6) is -1.33. The van der Waals surface area contributed by atoms with Crippen LogP contribution in [0.25, 0.3) is 6.08 Å². The summed E-state index contributed by atoms with van der Waals surface area (Å²) in [7, 11) is 0. The topological polar surface area (TPSA) is 58.2 Å². The minimum absolute atomic E-state index is 0.0228. The van der Waals surface area contributed by atoms with Crippen LogP contribution in [-0.2, 0) is 9.59 Å². The largest absolute Gasteiger partial charge is 0.343 e. The molecule has 0 atom stereocenters. The summed E-state index contributed by atoms with van der Waals surface area (Å²) < 4.78 is 13.8. The highest BCUT2D eigenvalue weighted by molar-refractivity contribution is 9.10. The van der Waals surface area contributed by atoms with E-state index in [0.29, 0.717) is 11.3 Å². The number of halogens is 3. The van der Waals surface area contributed by atoms with E-state index in [2.05, 4.69) is 26.6 Å². The molecule has 124 valence electrons. The van der Waals surface area contributed by atoms with Crippen LogP contribution in [-0.4, -0.2) is 18.4 Å². The Kier molecular flexibility index (Phi) is 6.52. The summed E-state index contributed by atoms with van der Waals surface area (Å²) in [5.41, 5.74) is 1.20. The number of anilines is 1. The van der Waals surface area contributed by atoms with Crippen molar-refractivity contribution in [2.45, 2.75) is 0 Å². The number of carbonyl (C=O) groups excluding carboxylic acids is 2. The maximum Gasteiger partial charge on any atom is 0.244 e. The molecule has 0 spiro atoms. The molecule has 0 radical (unpaired) electrons. The monoisotopic (exact) mass is 410 g/mol.